The molecule has 3 rings (SSSR count). The molecule has 0 saturated carbocycles. The zero-order chi connectivity index (χ0) is 19.9. The lowest BCUT2D eigenvalue weighted by molar-refractivity contribution is 0.552. The van der Waals surface area contributed by atoms with Crippen molar-refractivity contribution in [1.82, 2.24) is 20.2 Å². The molecule has 156 valence electrons. The van der Waals surface area contributed by atoms with Crippen molar-refractivity contribution >= 4 is 41.0 Å². The molecule has 0 bridgehead atoms. The predicted octanol–water partition coefficient (Wildman–Crippen LogP) is 4.04. The van der Waals surface area contributed by atoms with Gasteiger partial charge in [-0.15, -0.1) is 24.0 Å². The van der Waals surface area contributed by atoms with Crippen molar-refractivity contribution in [3.63, 3.8) is 0 Å². The second kappa shape index (κ2) is 11.1. The Morgan fingerprint density at radius 3 is 2.45 bits per heavy atom. The van der Waals surface area contributed by atoms with Crippen molar-refractivity contribution in [2.45, 2.75) is 26.3 Å². The molecular weight excluding hydrogens is 487 g/mol. The van der Waals surface area contributed by atoms with Crippen LogP contribution in [0, 0.1) is 18.6 Å². The zero-order valence-electron chi connectivity index (χ0n) is 16.6. The molecule has 1 aromatic heterocycles. The number of para-hydroxylation sites is 2. The number of nitrogens with zero attached hydrogens (tertiary/aromatic N) is 3. The van der Waals surface area contributed by atoms with Crippen LogP contribution < -0.4 is 10.6 Å². The molecule has 2 N–H and O–H groups in total. The third-order valence-electron chi connectivity index (χ3n) is 4.65. The smallest absolute Gasteiger partial charge is 0.190 e. The Bertz CT molecular complexity index is 951. The summed E-state index contributed by atoms with van der Waals surface area (Å²) in [7, 11) is 1.67. The fourth-order valence-electron chi connectivity index (χ4n) is 3.22. The summed E-state index contributed by atoms with van der Waals surface area (Å²) in [6, 6.07) is 12.0. The summed E-state index contributed by atoms with van der Waals surface area (Å²) < 4.78 is 29.5. The van der Waals surface area contributed by atoms with Crippen LogP contribution in [-0.2, 0) is 13.0 Å². The molecule has 0 aliphatic heterocycles. The molecule has 0 saturated heterocycles. The minimum absolute atomic E-state index is 0. The summed E-state index contributed by atoms with van der Waals surface area (Å²) in [5, 5.41) is 6.33. The molecular formula is C21H26F2IN5. The summed E-state index contributed by atoms with van der Waals surface area (Å²) in [6.45, 7) is 3.97. The normalized spacial score (nSPS) is 11.4. The fourth-order valence-corrected chi connectivity index (χ4v) is 3.22. The third-order valence-corrected chi connectivity index (χ3v) is 4.65. The second-order valence-corrected chi connectivity index (χ2v) is 6.53. The van der Waals surface area contributed by atoms with Crippen molar-refractivity contribution in [3.8, 4) is 0 Å². The van der Waals surface area contributed by atoms with Crippen LogP contribution in [0.15, 0.2) is 47.5 Å². The van der Waals surface area contributed by atoms with Crippen molar-refractivity contribution in [1.29, 1.82) is 0 Å². The number of aryl methyl sites for hydroxylation is 2. The van der Waals surface area contributed by atoms with Gasteiger partial charge in [0.15, 0.2) is 5.96 Å². The first kappa shape index (κ1) is 23.1. The molecule has 29 heavy (non-hydrogen) atoms. The van der Waals surface area contributed by atoms with Crippen molar-refractivity contribution in [2.24, 2.45) is 4.99 Å². The van der Waals surface area contributed by atoms with Crippen molar-refractivity contribution in [3.05, 3.63) is 65.5 Å². The molecule has 0 aliphatic carbocycles. The third kappa shape index (κ3) is 5.88. The average Bonchev–Trinajstić information content (AvgIpc) is 3.01. The minimum Gasteiger partial charge on any atom is -0.356 e. The molecule has 0 fully saturated rings. The van der Waals surface area contributed by atoms with E-state index in [0.717, 1.165) is 36.4 Å². The number of fused-ring (bicyclic) bond motifs is 1. The molecule has 0 amide bonds. The van der Waals surface area contributed by atoms with Gasteiger partial charge in [0, 0.05) is 32.2 Å². The molecule has 5 nitrogen and oxygen atoms in total. The number of aliphatic imine (C=N–C) groups is 1. The molecule has 2 aromatic carbocycles. The number of halogens is 3. The number of nitrogens with one attached hydrogen (secondary N) is 2. The number of rotatable bonds is 7. The highest BCUT2D eigenvalue weighted by atomic mass is 127. The molecule has 0 unspecified atom stereocenters. The molecule has 0 atom stereocenters. The predicted molar refractivity (Wildman–Crippen MR) is 124 cm³/mol. The van der Waals surface area contributed by atoms with E-state index < -0.39 is 11.6 Å². The Morgan fingerprint density at radius 2 is 1.72 bits per heavy atom. The average molecular weight is 513 g/mol. The largest absolute Gasteiger partial charge is 0.356 e. The van der Waals surface area contributed by atoms with E-state index in [1.807, 2.05) is 25.1 Å². The van der Waals surface area contributed by atoms with E-state index in [1.54, 1.807) is 7.05 Å². The van der Waals surface area contributed by atoms with E-state index in [-0.39, 0.29) is 36.0 Å². The minimum atomic E-state index is -0.521. The number of hydrogen-bond acceptors (Lipinski definition) is 2. The molecule has 3 aromatic rings. The number of benzene rings is 2. The summed E-state index contributed by atoms with van der Waals surface area (Å²) >= 11 is 0. The van der Waals surface area contributed by atoms with Crippen molar-refractivity contribution < 1.29 is 8.78 Å². The van der Waals surface area contributed by atoms with Gasteiger partial charge in [-0.25, -0.2) is 13.8 Å². The monoisotopic (exact) mass is 513 g/mol. The van der Waals surface area contributed by atoms with E-state index in [0.29, 0.717) is 12.5 Å². The highest BCUT2D eigenvalue weighted by molar-refractivity contribution is 14.0. The van der Waals surface area contributed by atoms with Gasteiger partial charge in [0.1, 0.15) is 17.5 Å². The first-order chi connectivity index (χ1) is 13.6. The molecule has 0 aliphatic rings. The van der Waals surface area contributed by atoms with Crippen LogP contribution in [0.1, 0.15) is 17.8 Å². The summed E-state index contributed by atoms with van der Waals surface area (Å²) in [6.07, 6.45) is 1.14. The van der Waals surface area contributed by atoms with Crippen LogP contribution in [0.25, 0.3) is 11.0 Å². The Balaban J connectivity index is 0.00000300. The standard InChI is InChI=1S/C21H25F2N5.HI/c1-15-27-19-9-3-4-10-20(19)28(15)14-6-12-25-21(24-2)26-13-11-16-17(22)7-5-8-18(16)23;/h3-5,7-10H,6,11-14H2,1-2H3,(H2,24,25,26);1H. The fraction of sp³-hybridized carbons (Fsp3) is 0.333. The second-order valence-electron chi connectivity index (χ2n) is 6.53. The first-order valence-electron chi connectivity index (χ1n) is 9.39. The van der Waals surface area contributed by atoms with Crippen LogP contribution in [0.4, 0.5) is 8.78 Å². The summed E-state index contributed by atoms with van der Waals surface area (Å²) in [4.78, 5) is 8.73. The van der Waals surface area contributed by atoms with Crippen molar-refractivity contribution in [2.75, 3.05) is 20.1 Å². The van der Waals surface area contributed by atoms with Gasteiger partial charge in [-0.3, -0.25) is 4.99 Å². The van der Waals surface area contributed by atoms with Gasteiger partial charge in [0.2, 0.25) is 0 Å². The van der Waals surface area contributed by atoms with Gasteiger partial charge in [0.25, 0.3) is 0 Å². The SMILES string of the molecule is CN=C(NCCCn1c(C)nc2ccccc21)NCCc1c(F)cccc1F.I. The maximum Gasteiger partial charge on any atom is 0.190 e. The van der Waals surface area contributed by atoms with Crippen LogP contribution >= 0.6 is 24.0 Å². The Morgan fingerprint density at radius 1 is 1.03 bits per heavy atom. The van der Waals surface area contributed by atoms with E-state index in [2.05, 4.69) is 31.2 Å². The Labute approximate surface area is 186 Å². The van der Waals surface area contributed by atoms with Gasteiger partial charge < -0.3 is 15.2 Å². The first-order valence-corrected chi connectivity index (χ1v) is 9.39. The Hall–Kier alpha value is -2.23. The summed E-state index contributed by atoms with van der Waals surface area (Å²) in [5.41, 5.74) is 2.23. The van der Waals surface area contributed by atoms with Crippen LogP contribution in [0.2, 0.25) is 0 Å². The van der Waals surface area contributed by atoms with Gasteiger partial charge in [-0.05, 0) is 44.0 Å². The molecule has 8 heteroatoms. The quantitative estimate of drug-likeness (QED) is 0.217. The van der Waals surface area contributed by atoms with Gasteiger partial charge in [-0.2, -0.15) is 0 Å². The summed E-state index contributed by atoms with van der Waals surface area (Å²) in [5.74, 6) is 0.569. The highest BCUT2D eigenvalue weighted by Gasteiger charge is 2.09. The van der Waals surface area contributed by atoms with Crippen LogP contribution in [0.3, 0.4) is 0 Å². The van der Waals surface area contributed by atoms with Crippen LogP contribution in [0.5, 0.6) is 0 Å². The van der Waals surface area contributed by atoms with Gasteiger partial charge in [0.05, 0.1) is 11.0 Å². The maximum atomic E-state index is 13.7. The molecule has 0 radical (unpaired) electrons. The maximum absolute atomic E-state index is 13.7. The Kier molecular flexibility index (Phi) is 8.81. The molecule has 0 spiro atoms. The highest BCUT2D eigenvalue weighted by Crippen LogP contribution is 2.15. The zero-order valence-corrected chi connectivity index (χ0v) is 18.9. The van der Waals surface area contributed by atoms with E-state index in [4.69, 9.17) is 0 Å². The lowest BCUT2D eigenvalue weighted by Crippen LogP contribution is -2.39. The number of guanidine groups is 1. The lowest BCUT2D eigenvalue weighted by Gasteiger charge is -2.13. The molecule has 1 heterocycles. The lowest BCUT2D eigenvalue weighted by atomic mass is 10.1. The number of hydrogen-bond donors (Lipinski definition) is 2. The van der Waals surface area contributed by atoms with Crippen LogP contribution in [-0.4, -0.2) is 35.6 Å². The van der Waals surface area contributed by atoms with Gasteiger partial charge >= 0.3 is 0 Å². The number of aromatic nitrogens is 2. The van der Waals surface area contributed by atoms with E-state index in [9.17, 15) is 8.78 Å². The number of imidazole rings is 1. The van der Waals surface area contributed by atoms with E-state index >= 15 is 0 Å². The van der Waals surface area contributed by atoms with Gasteiger partial charge in [-0.1, -0.05) is 18.2 Å². The topological polar surface area (TPSA) is 54.2 Å². The van der Waals surface area contributed by atoms with E-state index in [1.165, 1.54) is 18.2 Å².